The molecule has 0 aliphatic carbocycles. The van der Waals surface area contributed by atoms with E-state index < -0.39 is 16.1 Å². The van der Waals surface area contributed by atoms with Gasteiger partial charge in [-0.15, -0.1) is 12.3 Å². The van der Waals surface area contributed by atoms with Crippen LogP contribution in [-0.2, 0) is 16.4 Å². The molecule has 0 saturated heterocycles. The molecule has 4 nitrogen and oxygen atoms in total. The van der Waals surface area contributed by atoms with Crippen molar-refractivity contribution < 1.29 is 13.5 Å². The fourth-order valence-electron chi connectivity index (χ4n) is 1.63. The van der Waals surface area contributed by atoms with E-state index in [4.69, 9.17) is 11.5 Å². The molecule has 0 aliphatic rings. The van der Waals surface area contributed by atoms with E-state index in [2.05, 4.69) is 10.6 Å². The van der Waals surface area contributed by atoms with Crippen molar-refractivity contribution in [3.63, 3.8) is 0 Å². The Labute approximate surface area is 108 Å². The Morgan fingerprint density at radius 3 is 2.67 bits per heavy atom. The lowest BCUT2D eigenvalue weighted by molar-refractivity contribution is 0.258. The lowest BCUT2D eigenvalue weighted by Crippen LogP contribution is -2.37. The maximum Gasteiger partial charge on any atom is 0.241 e. The first-order chi connectivity index (χ1) is 8.55. The first kappa shape index (κ1) is 14.7. The van der Waals surface area contributed by atoms with E-state index in [1.165, 1.54) is 0 Å². The molecule has 0 unspecified atom stereocenters. The van der Waals surface area contributed by atoms with Crippen molar-refractivity contribution in [3.05, 3.63) is 29.8 Å². The highest BCUT2D eigenvalue weighted by atomic mass is 32.2. The number of aliphatic hydroxyl groups is 1. The second kappa shape index (κ2) is 6.55. The van der Waals surface area contributed by atoms with Crippen LogP contribution in [0, 0.1) is 12.3 Å². The molecule has 1 atom stereocenters. The molecule has 0 spiro atoms. The molecule has 0 bridgehead atoms. The van der Waals surface area contributed by atoms with Gasteiger partial charge in [-0.3, -0.25) is 0 Å². The summed E-state index contributed by atoms with van der Waals surface area (Å²) < 4.78 is 26.7. The Bertz CT molecular complexity index is 531. The van der Waals surface area contributed by atoms with Gasteiger partial charge in [-0.05, 0) is 18.1 Å². The second-order valence-electron chi connectivity index (χ2n) is 3.87. The SMILES string of the molecule is C#CC[C@H](CO)NS(=O)(=O)c1ccccc1CC. The monoisotopic (exact) mass is 267 g/mol. The van der Waals surface area contributed by atoms with Crippen molar-refractivity contribution in [1.29, 1.82) is 0 Å². The zero-order valence-electron chi connectivity index (χ0n) is 10.3. The highest BCUT2D eigenvalue weighted by Gasteiger charge is 2.21. The van der Waals surface area contributed by atoms with Crippen LogP contribution in [0.15, 0.2) is 29.2 Å². The molecular weight excluding hydrogens is 250 g/mol. The Morgan fingerprint density at radius 1 is 1.44 bits per heavy atom. The molecule has 0 saturated carbocycles. The summed E-state index contributed by atoms with van der Waals surface area (Å²) in [5.74, 6) is 2.33. The lowest BCUT2D eigenvalue weighted by Gasteiger charge is -2.15. The van der Waals surface area contributed by atoms with Gasteiger partial charge >= 0.3 is 0 Å². The summed E-state index contributed by atoms with van der Waals surface area (Å²) in [6.07, 6.45) is 5.90. The van der Waals surface area contributed by atoms with Gasteiger partial charge in [-0.25, -0.2) is 13.1 Å². The number of terminal acetylenes is 1. The molecule has 5 heteroatoms. The van der Waals surface area contributed by atoms with Crippen LogP contribution in [0.3, 0.4) is 0 Å². The Kier molecular flexibility index (Phi) is 5.35. The third-order valence-electron chi connectivity index (χ3n) is 2.55. The van der Waals surface area contributed by atoms with Gasteiger partial charge in [0.15, 0.2) is 0 Å². The summed E-state index contributed by atoms with van der Waals surface area (Å²) in [6, 6.07) is 6.13. The number of aryl methyl sites for hydroxylation is 1. The largest absolute Gasteiger partial charge is 0.395 e. The fraction of sp³-hybridized carbons (Fsp3) is 0.385. The number of nitrogens with one attached hydrogen (secondary N) is 1. The van der Waals surface area contributed by atoms with Gasteiger partial charge in [0.2, 0.25) is 10.0 Å². The maximum absolute atomic E-state index is 12.2. The average molecular weight is 267 g/mol. The molecule has 1 aromatic rings. The van der Waals surface area contributed by atoms with Crippen molar-refractivity contribution in [1.82, 2.24) is 4.72 Å². The third kappa shape index (κ3) is 3.57. The maximum atomic E-state index is 12.2. The Balaban J connectivity index is 3.03. The van der Waals surface area contributed by atoms with E-state index in [1.807, 2.05) is 6.92 Å². The number of benzene rings is 1. The number of hydrogen-bond acceptors (Lipinski definition) is 3. The van der Waals surface area contributed by atoms with E-state index in [9.17, 15) is 8.42 Å². The van der Waals surface area contributed by atoms with Crippen LogP contribution in [-0.4, -0.2) is 26.2 Å². The quantitative estimate of drug-likeness (QED) is 0.753. The van der Waals surface area contributed by atoms with Crippen LogP contribution in [0.25, 0.3) is 0 Å². The number of hydrogen-bond donors (Lipinski definition) is 2. The molecule has 2 N–H and O–H groups in total. The van der Waals surface area contributed by atoms with Gasteiger partial charge in [0, 0.05) is 6.42 Å². The fourth-order valence-corrected chi connectivity index (χ4v) is 3.17. The van der Waals surface area contributed by atoms with Crippen molar-refractivity contribution in [3.8, 4) is 12.3 Å². The van der Waals surface area contributed by atoms with Gasteiger partial charge in [0.05, 0.1) is 17.5 Å². The van der Waals surface area contributed by atoms with Crippen LogP contribution >= 0.6 is 0 Å². The molecule has 98 valence electrons. The van der Waals surface area contributed by atoms with Crippen molar-refractivity contribution in [2.45, 2.75) is 30.7 Å². The molecular formula is C13H17NO3S. The molecule has 1 aromatic carbocycles. The Hall–Kier alpha value is -1.35. The normalized spacial score (nSPS) is 12.9. The predicted octanol–water partition coefficient (Wildman–Crippen LogP) is 0.911. The third-order valence-corrected chi connectivity index (χ3v) is 4.17. The molecule has 1 rings (SSSR count). The highest BCUT2D eigenvalue weighted by Crippen LogP contribution is 2.16. The topological polar surface area (TPSA) is 66.4 Å². The molecule has 0 fully saturated rings. The molecule has 0 radical (unpaired) electrons. The molecule has 18 heavy (non-hydrogen) atoms. The summed E-state index contributed by atoms with van der Waals surface area (Å²) in [4.78, 5) is 0.239. The zero-order chi connectivity index (χ0) is 13.6. The molecule has 0 heterocycles. The summed E-state index contributed by atoms with van der Waals surface area (Å²) in [5.41, 5.74) is 0.738. The number of rotatable bonds is 6. The van der Waals surface area contributed by atoms with Crippen LogP contribution in [0.2, 0.25) is 0 Å². The lowest BCUT2D eigenvalue weighted by atomic mass is 10.2. The van der Waals surface area contributed by atoms with E-state index >= 15 is 0 Å². The number of aliphatic hydroxyl groups excluding tert-OH is 1. The smallest absolute Gasteiger partial charge is 0.241 e. The minimum absolute atomic E-state index is 0.157. The summed E-state index contributed by atoms with van der Waals surface area (Å²) in [5, 5.41) is 9.07. The van der Waals surface area contributed by atoms with E-state index in [0.29, 0.717) is 6.42 Å². The molecule has 0 amide bonds. The van der Waals surface area contributed by atoms with E-state index in [1.54, 1.807) is 24.3 Å². The first-order valence-electron chi connectivity index (χ1n) is 5.69. The summed E-state index contributed by atoms with van der Waals surface area (Å²) >= 11 is 0. The van der Waals surface area contributed by atoms with Crippen LogP contribution in [0.5, 0.6) is 0 Å². The zero-order valence-corrected chi connectivity index (χ0v) is 11.1. The first-order valence-corrected chi connectivity index (χ1v) is 7.18. The minimum Gasteiger partial charge on any atom is -0.395 e. The van der Waals surface area contributed by atoms with Gasteiger partial charge in [0.1, 0.15) is 0 Å². The minimum atomic E-state index is -3.64. The van der Waals surface area contributed by atoms with Crippen molar-refractivity contribution in [2.24, 2.45) is 0 Å². The summed E-state index contributed by atoms with van der Waals surface area (Å²) in [6.45, 7) is 1.57. The van der Waals surface area contributed by atoms with Crippen LogP contribution in [0.1, 0.15) is 18.9 Å². The molecule has 0 aromatic heterocycles. The van der Waals surface area contributed by atoms with Gasteiger partial charge in [-0.1, -0.05) is 25.1 Å². The van der Waals surface area contributed by atoms with Gasteiger partial charge in [-0.2, -0.15) is 0 Å². The van der Waals surface area contributed by atoms with E-state index in [0.717, 1.165) is 5.56 Å². The average Bonchev–Trinajstić information content (AvgIpc) is 2.38. The van der Waals surface area contributed by atoms with Gasteiger partial charge in [0.25, 0.3) is 0 Å². The predicted molar refractivity (Wildman–Crippen MR) is 70.5 cm³/mol. The highest BCUT2D eigenvalue weighted by molar-refractivity contribution is 7.89. The second-order valence-corrected chi connectivity index (χ2v) is 5.55. The van der Waals surface area contributed by atoms with Crippen molar-refractivity contribution in [2.75, 3.05) is 6.61 Å². The summed E-state index contributed by atoms with van der Waals surface area (Å²) in [7, 11) is -3.64. The van der Waals surface area contributed by atoms with Gasteiger partial charge < -0.3 is 5.11 Å². The standard InChI is InChI=1S/C13H17NO3S/c1-3-7-12(10-15)14-18(16,17)13-9-6-5-8-11(13)4-2/h1,5-6,8-9,12,14-15H,4,7,10H2,2H3/t12-/m1/s1. The van der Waals surface area contributed by atoms with Crippen LogP contribution in [0.4, 0.5) is 0 Å². The Morgan fingerprint density at radius 2 is 2.11 bits per heavy atom. The van der Waals surface area contributed by atoms with Crippen LogP contribution < -0.4 is 4.72 Å². The van der Waals surface area contributed by atoms with Crippen molar-refractivity contribution >= 4 is 10.0 Å². The van der Waals surface area contributed by atoms with E-state index in [-0.39, 0.29) is 17.9 Å². The number of sulfonamides is 1. The molecule has 0 aliphatic heterocycles.